The lowest BCUT2D eigenvalue weighted by atomic mass is 10.2. The van der Waals surface area contributed by atoms with E-state index in [1.807, 2.05) is 0 Å². The van der Waals surface area contributed by atoms with Gasteiger partial charge in [-0.1, -0.05) is 0 Å². The molecule has 1 unspecified atom stereocenters. The molecule has 2 saturated heterocycles. The molecule has 112 valence electrons. The van der Waals surface area contributed by atoms with Gasteiger partial charge in [0, 0.05) is 19.1 Å². The maximum absolute atomic E-state index is 12.5. The summed E-state index contributed by atoms with van der Waals surface area (Å²) in [5, 5.41) is 0.0139. The van der Waals surface area contributed by atoms with Gasteiger partial charge in [0.2, 0.25) is 5.09 Å². The van der Waals surface area contributed by atoms with Crippen LogP contribution < -0.4 is 5.73 Å². The van der Waals surface area contributed by atoms with Gasteiger partial charge in [-0.05, 0) is 44.5 Å². The van der Waals surface area contributed by atoms with Gasteiger partial charge >= 0.3 is 0 Å². The molecule has 0 bridgehead atoms. The molecule has 0 spiro atoms. The normalized spacial score (nSPS) is 25.6. The lowest BCUT2D eigenvalue weighted by molar-refractivity contribution is 0.250. The molecule has 1 atom stereocenters. The topological polar surface area (TPSA) is 79.8 Å². The van der Waals surface area contributed by atoms with Crippen LogP contribution in [0.5, 0.6) is 0 Å². The van der Waals surface area contributed by atoms with Gasteiger partial charge in [-0.25, -0.2) is 8.42 Å². The van der Waals surface area contributed by atoms with Gasteiger partial charge in [0.25, 0.3) is 10.0 Å². The Kier molecular flexibility index (Phi) is 3.85. The number of nitrogens with zero attached hydrogens (tertiary/aromatic N) is 2. The molecule has 0 radical (unpaired) electrons. The fourth-order valence-electron chi connectivity index (χ4n) is 3.07. The molecule has 0 aromatic carbocycles. The number of rotatable bonds is 4. The summed E-state index contributed by atoms with van der Waals surface area (Å²) in [6.07, 6.45) is 3.35. The van der Waals surface area contributed by atoms with Crippen molar-refractivity contribution in [1.29, 1.82) is 0 Å². The number of sulfonamides is 1. The average Bonchev–Trinajstić information content (AvgIpc) is 3.18. The number of hydrogen-bond donors (Lipinski definition) is 1. The molecule has 7 heteroatoms. The summed E-state index contributed by atoms with van der Waals surface area (Å²) in [5.41, 5.74) is 5.46. The molecule has 3 heterocycles. The zero-order valence-corrected chi connectivity index (χ0v) is 12.3. The van der Waals surface area contributed by atoms with Crippen LogP contribution in [0.15, 0.2) is 21.6 Å². The van der Waals surface area contributed by atoms with Crippen LogP contribution in [0.1, 0.15) is 25.0 Å². The molecule has 3 rings (SSSR count). The van der Waals surface area contributed by atoms with E-state index in [4.69, 9.17) is 10.2 Å². The smallest absolute Gasteiger partial charge is 0.276 e. The number of furan rings is 1. The Morgan fingerprint density at radius 2 is 2.00 bits per heavy atom. The van der Waals surface area contributed by atoms with E-state index in [0.717, 1.165) is 19.5 Å². The predicted molar refractivity (Wildman–Crippen MR) is 74.6 cm³/mol. The van der Waals surface area contributed by atoms with Crippen LogP contribution in [0.3, 0.4) is 0 Å². The first-order valence-corrected chi connectivity index (χ1v) is 8.58. The van der Waals surface area contributed by atoms with Crippen LogP contribution in [-0.4, -0.2) is 49.8 Å². The molecule has 2 N–H and O–H groups in total. The van der Waals surface area contributed by atoms with Crippen molar-refractivity contribution >= 4 is 10.0 Å². The first kappa shape index (κ1) is 14.1. The minimum Gasteiger partial charge on any atom is -0.447 e. The summed E-state index contributed by atoms with van der Waals surface area (Å²) in [7, 11) is -3.51. The molecule has 0 amide bonds. The quantitative estimate of drug-likeness (QED) is 0.880. The Labute approximate surface area is 119 Å². The Morgan fingerprint density at radius 3 is 2.65 bits per heavy atom. The predicted octanol–water partition coefficient (Wildman–Crippen LogP) is 0.597. The summed E-state index contributed by atoms with van der Waals surface area (Å²) >= 11 is 0. The number of hydrogen-bond acceptors (Lipinski definition) is 5. The second-order valence-electron chi connectivity index (χ2n) is 5.47. The summed E-state index contributed by atoms with van der Waals surface area (Å²) in [6, 6.07) is 3.48. The average molecular weight is 299 g/mol. The van der Waals surface area contributed by atoms with Crippen molar-refractivity contribution in [2.24, 2.45) is 5.73 Å². The van der Waals surface area contributed by atoms with E-state index in [1.54, 1.807) is 6.07 Å². The lowest BCUT2D eigenvalue weighted by Gasteiger charge is -2.23. The molecule has 0 saturated carbocycles. The summed E-state index contributed by atoms with van der Waals surface area (Å²) in [6.45, 7) is 3.54. The first-order valence-electron chi connectivity index (χ1n) is 7.14. The van der Waals surface area contributed by atoms with Crippen LogP contribution in [0.4, 0.5) is 0 Å². The van der Waals surface area contributed by atoms with Crippen LogP contribution in [0, 0.1) is 0 Å². The maximum atomic E-state index is 12.5. The molecule has 6 nitrogen and oxygen atoms in total. The van der Waals surface area contributed by atoms with Crippen molar-refractivity contribution in [2.75, 3.05) is 26.2 Å². The molecule has 1 aromatic heterocycles. The van der Waals surface area contributed by atoms with Gasteiger partial charge in [0.05, 0.1) is 6.54 Å². The Bertz CT molecular complexity index is 563. The van der Waals surface area contributed by atoms with Crippen LogP contribution in [0.2, 0.25) is 0 Å². The monoisotopic (exact) mass is 299 g/mol. The van der Waals surface area contributed by atoms with E-state index in [1.165, 1.54) is 23.2 Å². The summed E-state index contributed by atoms with van der Waals surface area (Å²) < 4.78 is 31.8. The molecule has 2 aliphatic rings. The molecular formula is C13H21N3O3S. The third-order valence-electron chi connectivity index (χ3n) is 4.22. The summed E-state index contributed by atoms with van der Waals surface area (Å²) in [4.78, 5) is 2.41. The highest BCUT2D eigenvalue weighted by Gasteiger charge is 2.37. The Hall–Kier alpha value is -0.890. The molecule has 20 heavy (non-hydrogen) atoms. The highest BCUT2D eigenvalue weighted by atomic mass is 32.2. The number of likely N-dealkylation sites (tertiary alicyclic amines) is 1. The fourth-order valence-corrected chi connectivity index (χ4v) is 4.49. The van der Waals surface area contributed by atoms with E-state index in [0.29, 0.717) is 24.9 Å². The van der Waals surface area contributed by atoms with Crippen molar-refractivity contribution in [3.8, 4) is 0 Å². The van der Waals surface area contributed by atoms with Crippen molar-refractivity contribution in [3.05, 3.63) is 17.9 Å². The third-order valence-corrected chi connectivity index (χ3v) is 5.95. The van der Waals surface area contributed by atoms with E-state index < -0.39 is 10.0 Å². The van der Waals surface area contributed by atoms with E-state index in [-0.39, 0.29) is 11.6 Å². The second-order valence-corrected chi connectivity index (χ2v) is 7.34. The Balaban J connectivity index is 1.72. The van der Waals surface area contributed by atoms with E-state index in [2.05, 4.69) is 4.90 Å². The van der Waals surface area contributed by atoms with Gasteiger partial charge in [0.1, 0.15) is 5.76 Å². The molecular weight excluding hydrogens is 278 g/mol. The second kappa shape index (κ2) is 5.48. The van der Waals surface area contributed by atoms with Crippen molar-refractivity contribution in [2.45, 2.75) is 36.9 Å². The number of nitrogens with two attached hydrogens (primary N) is 1. The summed E-state index contributed by atoms with van der Waals surface area (Å²) in [5.74, 6) is 0.499. The van der Waals surface area contributed by atoms with Gasteiger partial charge < -0.3 is 10.2 Å². The van der Waals surface area contributed by atoms with Gasteiger partial charge in [0.15, 0.2) is 0 Å². The zero-order chi connectivity index (χ0) is 14.2. The molecule has 0 aliphatic carbocycles. The molecule has 2 fully saturated rings. The van der Waals surface area contributed by atoms with Gasteiger partial charge in [-0.15, -0.1) is 0 Å². The van der Waals surface area contributed by atoms with Gasteiger partial charge in [-0.3, -0.25) is 4.90 Å². The highest BCUT2D eigenvalue weighted by molar-refractivity contribution is 7.89. The van der Waals surface area contributed by atoms with Crippen LogP contribution in [-0.2, 0) is 16.6 Å². The van der Waals surface area contributed by atoms with Gasteiger partial charge in [-0.2, -0.15) is 4.31 Å². The van der Waals surface area contributed by atoms with E-state index >= 15 is 0 Å². The van der Waals surface area contributed by atoms with E-state index in [9.17, 15) is 8.42 Å². The Morgan fingerprint density at radius 1 is 1.25 bits per heavy atom. The van der Waals surface area contributed by atoms with Crippen molar-refractivity contribution in [3.63, 3.8) is 0 Å². The highest BCUT2D eigenvalue weighted by Crippen LogP contribution is 2.26. The maximum Gasteiger partial charge on any atom is 0.276 e. The fraction of sp³-hybridized carbons (Fsp3) is 0.692. The standard InChI is InChI=1S/C13H21N3O3S/c14-9-12-3-4-13(19-12)20(17,18)16-8-5-11(10-16)15-6-1-2-7-15/h3-4,11H,1-2,5-10,14H2. The first-order chi connectivity index (χ1) is 9.61. The SMILES string of the molecule is NCc1ccc(S(=O)(=O)N2CCC(N3CCCC3)C2)o1. The van der Waals surface area contributed by atoms with Crippen LogP contribution >= 0.6 is 0 Å². The minimum atomic E-state index is -3.51. The molecule has 1 aromatic rings. The van der Waals surface area contributed by atoms with Crippen molar-refractivity contribution < 1.29 is 12.8 Å². The van der Waals surface area contributed by atoms with Crippen molar-refractivity contribution in [1.82, 2.24) is 9.21 Å². The minimum absolute atomic E-state index is 0.0139. The van der Waals surface area contributed by atoms with Crippen LogP contribution in [0.25, 0.3) is 0 Å². The molecule has 2 aliphatic heterocycles. The third kappa shape index (κ3) is 2.50. The lowest BCUT2D eigenvalue weighted by Crippen LogP contribution is -2.37. The zero-order valence-electron chi connectivity index (χ0n) is 11.5. The largest absolute Gasteiger partial charge is 0.447 e.